The quantitative estimate of drug-likeness (QED) is 0.503. The molecule has 0 radical (unpaired) electrons. The van der Waals surface area contributed by atoms with Gasteiger partial charge in [-0.05, 0) is 36.4 Å². The maximum Gasteiger partial charge on any atom is 0.329 e. The van der Waals surface area contributed by atoms with Crippen LogP contribution in [0.3, 0.4) is 0 Å². The lowest BCUT2D eigenvalue weighted by molar-refractivity contribution is -0.147. The topological polar surface area (TPSA) is 111 Å². The monoisotopic (exact) mass is 426 g/mol. The zero-order chi connectivity index (χ0) is 22.5. The Labute approximate surface area is 178 Å². The maximum atomic E-state index is 12.9. The van der Waals surface area contributed by atoms with Crippen molar-refractivity contribution in [3.05, 3.63) is 59.7 Å². The largest absolute Gasteiger partial charge is 0.497 e. The molecule has 3 rings (SSSR count). The smallest absolute Gasteiger partial charge is 0.329 e. The molecule has 2 aromatic carbocycles. The van der Waals surface area contributed by atoms with E-state index in [-0.39, 0.29) is 17.5 Å². The molecule has 0 saturated heterocycles. The molecule has 0 saturated carbocycles. The molecule has 1 aliphatic rings. The van der Waals surface area contributed by atoms with Crippen LogP contribution in [0.5, 0.6) is 5.75 Å². The highest BCUT2D eigenvalue weighted by molar-refractivity contribution is 6.22. The van der Waals surface area contributed by atoms with Gasteiger partial charge in [-0.1, -0.05) is 12.1 Å². The molecular formula is C22H22N2O7. The summed E-state index contributed by atoms with van der Waals surface area (Å²) < 4.78 is 14.8. The van der Waals surface area contributed by atoms with Gasteiger partial charge in [0, 0.05) is 12.1 Å². The second-order valence-electron chi connectivity index (χ2n) is 6.75. The number of methoxy groups -OCH3 is 3. The first kappa shape index (κ1) is 21.8. The van der Waals surface area contributed by atoms with E-state index in [0.717, 1.165) is 12.0 Å². The molecule has 0 spiro atoms. The van der Waals surface area contributed by atoms with Gasteiger partial charge in [-0.3, -0.25) is 14.5 Å². The standard InChI is InChI=1S/C22H22N2O7/c1-29-14-10-8-13(9-11-14)23-17(21(27)30-2)12-18(22(28)31-3)24-19(25)15-6-4-5-7-16(15)20(24)26/h4-11,17-18,23H,12H2,1-3H3/t17?,18-/m1/s1. The van der Waals surface area contributed by atoms with Crippen LogP contribution in [-0.4, -0.2) is 62.1 Å². The van der Waals surface area contributed by atoms with Crippen molar-refractivity contribution in [2.24, 2.45) is 0 Å². The van der Waals surface area contributed by atoms with Crippen molar-refractivity contribution in [3.63, 3.8) is 0 Å². The summed E-state index contributed by atoms with van der Waals surface area (Å²) >= 11 is 0. The normalized spacial score (nSPS) is 14.5. The highest BCUT2D eigenvalue weighted by atomic mass is 16.5. The fraction of sp³-hybridized carbons (Fsp3) is 0.273. The van der Waals surface area contributed by atoms with E-state index in [2.05, 4.69) is 5.32 Å². The number of benzene rings is 2. The van der Waals surface area contributed by atoms with Gasteiger partial charge in [-0.2, -0.15) is 0 Å². The summed E-state index contributed by atoms with van der Waals surface area (Å²) in [6, 6.07) is 10.7. The zero-order valence-electron chi connectivity index (χ0n) is 17.3. The minimum Gasteiger partial charge on any atom is -0.497 e. The molecule has 2 aromatic rings. The Morgan fingerprint density at radius 1 is 0.871 bits per heavy atom. The Balaban J connectivity index is 1.90. The van der Waals surface area contributed by atoms with E-state index >= 15 is 0 Å². The molecule has 2 amide bonds. The number of carbonyl (C=O) groups excluding carboxylic acids is 4. The van der Waals surface area contributed by atoms with Crippen molar-refractivity contribution in [2.75, 3.05) is 26.6 Å². The zero-order valence-corrected chi connectivity index (χ0v) is 17.3. The summed E-state index contributed by atoms with van der Waals surface area (Å²) in [5.74, 6) is -2.10. The summed E-state index contributed by atoms with van der Waals surface area (Å²) in [6.45, 7) is 0. The van der Waals surface area contributed by atoms with Gasteiger partial charge in [0.15, 0.2) is 0 Å². The molecule has 2 atom stereocenters. The number of hydrogen-bond donors (Lipinski definition) is 1. The molecule has 31 heavy (non-hydrogen) atoms. The number of carbonyl (C=O) groups is 4. The van der Waals surface area contributed by atoms with Crippen molar-refractivity contribution in [1.82, 2.24) is 4.90 Å². The maximum absolute atomic E-state index is 12.9. The van der Waals surface area contributed by atoms with Gasteiger partial charge >= 0.3 is 11.9 Å². The van der Waals surface area contributed by atoms with E-state index in [1.165, 1.54) is 26.4 Å². The number of imide groups is 1. The molecule has 0 bridgehead atoms. The van der Waals surface area contributed by atoms with E-state index in [0.29, 0.717) is 11.4 Å². The summed E-state index contributed by atoms with van der Waals surface area (Å²) in [4.78, 5) is 51.6. The lowest BCUT2D eigenvalue weighted by Crippen LogP contribution is -2.49. The van der Waals surface area contributed by atoms with Crippen LogP contribution in [0.4, 0.5) is 5.69 Å². The van der Waals surface area contributed by atoms with Crippen molar-refractivity contribution in [2.45, 2.75) is 18.5 Å². The van der Waals surface area contributed by atoms with Crippen LogP contribution in [-0.2, 0) is 19.1 Å². The number of rotatable bonds is 8. The van der Waals surface area contributed by atoms with Crippen LogP contribution in [0.25, 0.3) is 0 Å². The SMILES string of the molecule is COC(=O)C(C[C@H](C(=O)OC)N1C(=O)c2ccccc2C1=O)Nc1ccc(OC)cc1. The van der Waals surface area contributed by atoms with Gasteiger partial charge < -0.3 is 19.5 Å². The molecule has 1 unspecified atom stereocenters. The van der Waals surface area contributed by atoms with Crippen LogP contribution in [0.1, 0.15) is 27.1 Å². The van der Waals surface area contributed by atoms with Crippen LogP contribution in [0.2, 0.25) is 0 Å². The molecule has 9 heteroatoms. The van der Waals surface area contributed by atoms with E-state index in [4.69, 9.17) is 14.2 Å². The third-order valence-electron chi connectivity index (χ3n) is 4.99. The number of nitrogens with zero attached hydrogens (tertiary/aromatic N) is 1. The number of ether oxygens (including phenoxy) is 3. The Bertz CT molecular complexity index is 968. The van der Waals surface area contributed by atoms with Crippen LogP contribution >= 0.6 is 0 Å². The average Bonchev–Trinajstić information content (AvgIpc) is 3.06. The molecule has 1 aliphatic heterocycles. The van der Waals surface area contributed by atoms with Crippen molar-refractivity contribution >= 4 is 29.4 Å². The van der Waals surface area contributed by atoms with Crippen molar-refractivity contribution in [1.29, 1.82) is 0 Å². The minimum atomic E-state index is -1.33. The van der Waals surface area contributed by atoms with E-state index in [1.807, 2.05) is 0 Å². The molecule has 1 N–H and O–H groups in total. The predicted octanol–water partition coefficient (Wildman–Crippen LogP) is 1.88. The summed E-state index contributed by atoms with van der Waals surface area (Å²) in [5.41, 5.74) is 0.945. The number of amides is 2. The van der Waals surface area contributed by atoms with Crippen molar-refractivity contribution in [3.8, 4) is 5.75 Å². The Morgan fingerprint density at radius 2 is 1.42 bits per heavy atom. The summed E-state index contributed by atoms with van der Waals surface area (Å²) in [5, 5.41) is 2.98. The molecule has 0 aromatic heterocycles. The lowest BCUT2D eigenvalue weighted by atomic mass is 10.0. The number of hydrogen-bond acceptors (Lipinski definition) is 8. The third kappa shape index (κ3) is 4.35. The first-order valence-corrected chi connectivity index (χ1v) is 9.44. The first-order valence-electron chi connectivity index (χ1n) is 9.44. The minimum absolute atomic E-state index is 0.194. The molecule has 162 valence electrons. The second-order valence-corrected chi connectivity index (χ2v) is 6.75. The van der Waals surface area contributed by atoms with Crippen LogP contribution in [0, 0.1) is 0 Å². The van der Waals surface area contributed by atoms with E-state index < -0.39 is 35.8 Å². The molecule has 9 nitrogen and oxygen atoms in total. The number of fused-ring (bicyclic) bond motifs is 1. The lowest BCUT2D eigenvalue weighted by Gasteiger charge is -2.27. The summed E-state index contributed by atoms with van der Waals surface area (Å²) in [6.07, 6.45) is -0.239. The van der Waals surface area contributed by atoms with Crippen LogP contribution < -0.4 is 10.1 Å². The predicted molar refractivity (Wildman–Crippen MR) is 110 cm³/mol. The fourth-order valence-corrected chi connectivity index (χ4v) is 3.40. The van der Waals surface area contributed by atoms with Crippen LogP contribution in [0.15, 0.2) is 48.5 Å². The summed E-state index contributed by atoms with van der Waals surface area (Å²) in [7, 11) is 3.89. The Kier molecular flexibility index (Phi) is 6.54. The highest BCUT2D eigenvalue weighted by Crippen LogP contribution is 2.27. The fourth-order valence-electron chi connectivity index (χ4n) is 3.40. The average molecular weight is 426 g/mol. The highest BCUT2D eigenvalue weighted by Gasteiger charge is 2.45. The Hall–Kier alpha value is -3.88. The first-order chi connectivity index (χ1) is 14.9. The molecule has 0 aliphatic carbocycles. The van der Waals surface area contributed by atoms with Gasteiger partial charge in [-0.15, -0.1) is 0 Å². The van der Waals surface area contributed by atoms with Gasteiger partial charge in [-0.25, -0.2) is 9.59 Å². The van der Waals surface area contributed by atoms with Gasteiger partial charge in [0.1, 0.15) is 17.8 Å². The van der Waals surface area contributed by atoms with Gasteiger partial charge in [0.05, 0.1) is 32.5 Å². The van der Waals surface area contributed by atoms with E-state index in [1.54, 1.807) is 36.4 Å². The van der Waals surface area contributed by atoms with Crippen molar-refractivity contribution < 1.29 is 33.4 Å². The van der Waals surface area contributed by atoms with Gasteiger partial charge in [0.2, 0.25) is 0 Å². The number of esters is 2. The van der Waals surface area contributed by atoms with Gasteiger partial charge in [0.25, 0.3) is 11.8 Å². The second kappa shape index (κ2) is 9.29. The van der Waals surface area contributed by atoms with E-state index in [9.17, 15) is 19.2 Å². The number of anilines is 1. The number of nitrogens with one attached hydrogen (secondary N) is 1. The molecular weight excluding hydrogens is 404 g/mol. The third-order valence-corrected chi connectivity index (χ3v) is 4.99. The molecule has 1 heterocycles. The molecule has 0 fully saturated rings. The Morgan fingerprint density at radius 3 is 1.90 bits per heavy atom.